The summed E-state index contributed by atoms with van der Waals surface area (Å²) in [6.07, 6.45) is 0. The highest BCUT2D eigenvalue weighted by atomic mass is 32.3. The summed E-state index contributed by atoms with van der Waals surface area (Å²) < 4.78 is 123. The van der Waals surface area contributed by atoms with Crippen LogP contribution >= 0.6 is 0 Å². The van der Waals surface area contributed by atoms with Gasteiger partial charge in [-0.2, -0.15) is 30.4 Å². The van der Waals surface area contributed by atoms with E-state index in [1.165, 1.54) is 12.1 Å². The minimum atomic E-state index is -4.91. The van der Waals surface area contributed by atoms with Gasteiger partial charge in [-0.3, -0.25) is 13.7 Å². The monoisotopic (exact) mass is 665 g/mol. The Labute approximate surface area is 238 Å². The van der Waals surface area contributed by atoms with Crippen molar-refractivity contribution >= 4 is 68.9 Å². The Balaban J connectivity index is 1.88. The molecular weight excluding hydrogens is 647 g/mol. The van der Waals surface area contributed by atoms with Gasteiger partial charge in [-0.1, -0.05) is 0 Å². The highest BCUT2D eigenvalue weighted by molar-refractivity contribution is 7.91. The second-order valence-electron chi connectivity index (χ2n) is 7.94. The number of rotatable bonds is 11. The molecule has 6 N–H and O–H groups in total. The van der Waals surface area contributed by atoms with Crippen molar-refractivity contribution in [2.75, 3.05) is 18.1 Å². The first-order valence-electron chi connectivity index (χ1n) is 10.8. The SMILES string of the molecule is Nc1cc(O)c(/N=N/c2cc(S(=O)(=O)O)ccc2S(=O)(=O)O)cc1/N=N/c1ccc(S(=O)(=O)CCOS(=O)(=O)O)cc1. The topological polar surface area (TPSA) is 302 Å². The molecule has 3 aromatic carbocycles. The lowest BCUT2D eigenvalue weighted by Crippen LogP contribution is -2.15. The average molecular weight is 666 g/mol. The highest BCUT2D eigenvalue weighted by Crippen LogP contribution is 2.38. The maximum Gasteiger partial charge on any atom is 0.397 e. The van der Waals surface area contributed by atoms with E-state index in [0.29, 0.717) is 18.2 Å². The zero-order chi connectivity index (χ0) is 31.5. The summed E-state index contributed by atoms with van der Waals surface area (Å²) in [4.78, 5) is -1.83. The van der Waals surface area contributed by atoms with E-state index in [1.54, 1.807) is 0 Å². The van der Waals surface area contributed by atoms with Crippen molar-refractivity contribution in [3.8, 4) is 5.75 Å². The largest absolute Gasteiger partial charge is 0.506 e. The first-order valence-corrected chi connectivity index (χ1v) is 16.7. The molecule has 0 saturated carbocycles. The Morgan fingerprint density at radius 2 is 1.24 bits per heavy atom. The Hall–Kier alpha value is -3.90. The van der Waals surface area contributed by atoms with E-state index < -0.39 is 74.1 Å². The van der Waals surface area contributed by atoms with Crippen LogP contribution in [0, 0.1) is 0 Å². The lowest BCUT2D eigenvalue weighted by atomic mass is 10.2. The number of phenolic OH excluding ortho intramolecular Hbond substituents is 1. The number of phenols is 1. The maximum absolute atomic E-state index is 12.3. The summed E-state index contributed by atoms with van der Waals surface area (Å²) in [5.41, 5.74) is 4.68. The molecule has 0 bridgehead atoms. The number of azo groups is 2. The van der Waals surface area contributed by atoms with E-state index >= 15 is 0 Å². The molecule has 0 fully saturated rings. The summed E-state index contributed by atoms with van der Waals surface area (Å²) >= 11 is 0. The number of hydrogen-bond acceptors (Lipinski definition) is 15. The molecule has 0 amide bonds. The number of aromatic hydroxyl groups is 1. The van der Waals surface area contributed by atoms with Crippen LogP contribution in [0.1, 0.15) is 0 Å². The quantitative estimate of drug-likeness (QED) is 0.112. The smallest absolute Gasteiger partial charge is 0.397 e. The molecule has 0 heterocycles. The van der Waals surface area contributed by atoms with Crippen LogP contribution in [0.5, 0.6) is 5.75 Å². The van der Waals surface area contributed by atoms with Crippen molar-refractivity contribution in [2.24, 2.45) is 20.5 Å². The van der Waals surface area contributed by atoms with Gasteiger partial charge in [-0.05, 0) is 48.5 Å². The molecule has 0 aromatic heterocycles. The Bertz CT molecular complexity index is 2010. The van der Waals surface area contributed by atoms with Gasteiger partial charge in [0.1, 0.15) is 27.7 Å². The summed E-state index contributed by atoms with van der Waals surface area (Å²) in [5.74, 6) is -1.32. The van der Waals surface area contributed by atoms with Gasteiger partial charge in [-0.15, -0.1) is 15.3 Å². The van der Waals surface area contributed by atoms with Crippen LogP contribution in [0.3, 0.4) is 0 Å². The van der Waals surface area contributed by atoms with Crippen molar-refractivity contribution in [2.45, 2.75) is 14.7 Å². The average Bonchev–Trinajstić information content (AvgIpc) is 2.85. The zero-order valence-corrected chi connectivity index (χ0v) is 23.8. The minimum absolute atomic E-state index is 0.0949. The van der Waals surface area contributed by atoms with Crippen LogP contribution in [0.15, 0.2) is 89.7 Å². The van der Waals surface area contributed by atoms with Gasteiger partial charge in [-0.25, -0.2) is 12.6 Å². The number of anilines is 1. The van der Waals surface area contributed by atoms with Crippen LogP contribution < -0.4 is 5.73 Å². The fourth-order valence-electron chi connectivity index (χ4n) is 3.01. The molecule has 18 nitrogen and oxygen atoms in total. The van der Waals surface area contributed by atoms with Crippen LogP contribution in [-0.4, -0.2) is 64.8 Å². The first kappa shape index (κ1) is 32.6. The number of hydrogen-bond donors (Lipinski definition) is 5. The van der Waals surface area contributed by atoms with Gasteiger partial charge in [0.05, 0.1) is 33.5 Å². The van der Waals surface area contributed by atoms with Crippen molar-refractivity contribution in [1.29, 1.82) is 0 Å². The fourth-order valence-corrected chi connectivity index (χ4v) is 5.60. The maximum atomic E-state index is 12.3. The fraction of sp³-hybridized carbons (Fsp3) is 0.100. The Morgan fingerprint density at radius 1 is 0.667 bits per heavy atom. The predicted octanol–water partition coefficient (Wildman–Crippen LogP) is 2.89. The molecule has 226 valence electrons. The Kier molecular flexibility index (Phi) is 9.43. The molecule has 42 heavy (non-hydrogen) atoms. The number of benzene rings is 3. The second-order valence-corrected chi connectivity index (χ2v) is 14.0. The third-order valence-corrected chi connectivity index (χ3v) is 8.86. The molecule has 22 heteroatoms. The van der Waals surface area contributed by atoms with Crippen molar-refractivity contribution in [1.82, 2.24) is 0 Å². The van der Waals surface area contributed by atoms with Gasteiger partial charge in [0.2, 0.25) is 0 Å². The number of sulfone groups is 1. The molecule has 0 saturated heterocycles. The lowest BCUT2D eigenvalue weighted by Gasteiger charge is -2.06. The van der Waals surface area contributed by atoms with Gasteiger partial charge >= 0.3 is 10.4 Å². The summed E-state index contributed by atoms with van der Waals surface area (Å²) in [7, 11) is -18.5. The minimum Gasteiger partial charge on any atom is -0.506 e. The molecule has 0 aliphatic heterocycles. The summed E-state index contributed by atoms with van der Waals surface area (Å²) in [6, 6.07) is 8.82. The molecule has 0 radical (unpaired) electrons. The third-order valence-electron chi connectivity index (χ3n) is 4.95. The highest BCUT2D eigenvalue weighted by Gasteiger charge is 2.20. The lowest BCUT2D eigenvalue weighted by molar-refractivity contribution is 0.284. The molecule has 0 spiro atoms. The number of nitrogens with two attached hydrogens (primary N) is 1. The third kappa shape index (κ3) is 8.80. The van der Waals surface area contributed by atoms with Crippen LogP contribution in [0.25, 0.3) is 0 Å². The van der Waals surface area contributed by atoms with Crippen LogP contribution in [0.4, 0.5) is 28.4 Å². The van der Waals surface area contributed by atoms with E-state index in [0.717, 1.165) is 24.3 Å². The van der Waals surface area contributed by atoms with Crippen molar-refractivity contribution in [3.05, 3.63) is 54.6 Å². The van der Waals surface area contributed by atoms with E-state index in [-0.39, 0.29) is 27.6 Å². The van der Waals surface area contributed by atoms with E-state index in [2.05, 4.69) is 24.6 Å². The van der Waals surface area contributed by atoms with Gasteiger partial charge in [0, 0.05) is 6.07 Å². The molecule has 0 aliphatic rings. The number of nitrogens with zero attached hydrogens (tertiary/aromatic N) is 4. The van der Waals surface area contributed by atoms with Gasteiger partial charge < -0.3 is 10.8 Å². The van der Waals surface area contributed by atoms with E-state index in [1.807, 2.05) is 0 Å². The zero-order valence-electron chi connectivity index (χ0n) is 20.6. The second kappa shape index (κ2) is 12.1. The first-order chi connectivity index (χ1) is 19.3. The normalized spacial score (nSPS) is 13.2. The van der Waals surface area contributed by atoms with E-state index in [4.69, 9.17) is 10.3 Å². The Morgan fingerprint density at radius 3 is 1.81 bits per heavy atom. The number of nitrogen functional groups attached to an aromatic ring is 1. The molecule has 0 atom stereocenters. The molecule has 3 aromatic rings. The van der Waals surface area contributed by atoms with Crippen LogP contribution in [0.2, 0.25) is 0 Å². The summed E-state index contributed by atoms with van der Waals surface area (Å²) in [6.45, 7) is -0.814. The van der Waals surface area contributed by atoms with E-state index in [9.17, 15) is 47.9 Å². The van der Waals surface area contributed by atoms with Crippen LogP contribution in [-0.2, 0) is 44.7 Å². The summed E-state index contributed by atoms with van der Waals surface area (Å²) in [5, 5.41) is 25.1. The van der Waals surface area contributed by atoms with Crippen molar-refractivity contribution in [3.63, 3.8) is 0 Å². The standard InChI is InChI=1S/C20H19N5O13S4/c21-15-10-19(26)17(24-25-18-9-14(40(29,30)31)5-6-20(18)41(32,33)34)11-16(15)23-22-12-1-3-13(4-2-12)39(27,28)8-7-38-42(35,36)37/h1-6,9-11,26H,7-8,21H2,(H,29,30,31)(H,32,33,34)(H,35,36,37)/b23-22+,25-24+. The van der Waals surface area contributed by atoms with Gasteiger partial charge in [0.25, 0.3) is 20.2 Å². The molecule has 0 unspecified atom stereocenters. The van der Waals surface area contributed by atoms with Crippen molar-refractivity contribution < 1.29 is 56.6 Å². The van der Waals surface area contributed by atoms with Gasteiger partial charge in [0.15, 0.2) is 9.84 Å². The molecule has 0 aliphatic carbocycles. The predicted molar refractivity (Wildman–Crippen MR) is 143 cm³/mol. The molecule has 3 rings (SSSR count). The molecular formula is C20H19N5O13S4.